The lowest BCUT2D eigenvalue weighted by atomic mass is 10.1. The maximum Gasteiger partial charge on any atom is 0.0630 e. The van der Waals surface area contributed by atoms with Crippen molar-refractivity contribution in [3.8, 4) is 28.2 Å². The molecule has 0 atom stereocenters. The fraction of sp³-hybridized carbons (Fsp3) is 0.0645. The van der Waals surface area contributed by atoms with E-state index in [9.17, 15) is 0 Å². The van der Waals surface area contributed by atoms with Gasteiger partial charge in [-0.2, -0.15) is 0 Å². The number of aliphatic imine (C=N–C) groups is 1. The fourth-order valence-electron chi connectivity index (χ4n) is 4.16. The maximum atomic E-state index is 6.23. The molecule has 5 aromatic rings. The molecular formula is C31H25ClN2. The maximum absolute atomic E-state index is 6.23. The molecule has 0 saturated heterocycles. The first-order valence-corrected chi connectivity index (χ1v) is 11.9. The first-order valence-electron chi connectivity index (χ1n) is 11.5. The highest BCUT2D eigenvalue weighted by Crippen LogP contribution is 2.36. The van der Waals surface area contributed by atoms with Crippen LogP contribution in [0.1, 0.15) is 18.1 Å². The van der Waals surface area contributed by atoms with Crippen LogP contribution in [0.4, 0.5) is 5.69 Å². The second kappa shape index (κ2) is 9.94. The van der Waals surface area contributed by atoms with Crippen LogP contribution in [0.25, 0.3) is 28.2 Å². The summed E-state index contributed by atoms with van der Waals surface area (Å²) in [7, 11) is 0. The third kappa shape index (κ3) is 4.59. The Kier molecular flexibility index (Phi) is 6.42. The van der Waals surface area contributed by atoms with Gasteiger partial charge in [-0.05, 0) is 65.6 Å². The molecule has 1 heterocycles. The molecule has 0 N–H and O–H groups in total. The van der Waals surface area contributed by atoms with Crippen LogP contribution in [0.3, 0.4) is 0 Å². The monoisotopic (exact) mass is 460 g/mol. The largest absolute Gasteiger partial charge is 0.309 e. The Morgan fingerprint density at radius 3 is 1.97 bits per heavy atom. The van der Waals surface area contributed by atoms with Gasteiger partial charge in [0.05, 0.1) is 17.1 Å². The van der Waals surface area contributed by atoms with Gasteiger partial charge in [-0.25, -0.2) is 0 Å². The van der Waals surface area contributed by atoms with Crippen LogP contribution < -0.4 is 0 Å². The molecule has 0 saturated carbocycles. The number of rotatable bonds is 6. The van der Waals surface area contributed by atoms with Gasteiger partial charge in [-0.1, -0.05) is 91.3 Å². The summed E-state index contributed by atoms with van der Waals surface area (Å²) in [6, 6.07) is 39.6. The van der Waals surface area contributed by atoms with Gasteiger partial charge in [0.25, 0.3) is 0 Å². The molecule has 0 unspecified atom stereocenters. The van der Waals surface area contributed by atoms with E-state index in [4.69, 9.17) is 16.6 Å². The fourth-order valence-corrected chi connectivity index (χ4v) is 4.29. The van der Waals surface area contributed by atoms with Crippen LogP contribution in [-0.2, 0) is 6.42 Å². The van der Waals surface area contributed by atoms with E-state index in [1.807, 2.05) is 30.5 Å². The molecule has 0 bridgehead atoms. The molecule has 34 heavy (non-hydrogen) atoms. The molecule has 0 spiro atoms. The van der Waals surface area contributed by atoms with Crippen molar-refractivity contribution in [3.05, 3.63) is 131 Å². The first kappa shape index (κ1) is 21.9. The summed E-state index contributed by atoms with van der Waals surface area (Å²) in [4.78, 5) is 4.83. The van der Waals surface area contributed by atoms with Crippen LogP contribution in [0, 0.1) is 0 Å². The predicted octanol–water partition coefficient (Wildman–Crippen LogP) is 8.78. The van der Waals surface area contributed by atoms with E-state index < -0.39 is 0 Å². The Morgan fingerprint density at radius 1 is 0.735 bits per heavy atom. The third-order valence-corrected chi connectivity index (χ3v) is 6.18. The number of aryl methyl sites for hydroxylation is 1. The Bertz CT molecular complexity index is 1400. The molecule has 4 aromatic carbocycles. The highest BCUT2D eigenvalue weighted by atomic mass is 35.5. The first-order chi connectivity index (χ1) is 16.7. The minimum Gasteiger partial charge on any atom is -0.309 e. The minimum absolute atomic E-state index is 0.718. The van der Waals surface area contributed by atoms with Crippen LogP contribution in [0.5, 0.6) is 0 Å². The lowest BCUT2D eigenvalue weighted by Crippen LogP contribution is -2.00. The zero-order chi connectivity index (χ0) is 23.3. The number of benzene rings is 4. The number of halogens is 1. The molecule has 0 amide bonds. The van der Waals surface area contributed by atoms with Crippen molar-refractivity contribution in [3.63, 3.8) is 0 Å². The highest BCUT2D eigenvalue weighted by Gasteiger charge is 2.18. The molecular weight excluding hydrogens is 436 g/mol. The highest BCUT2D eigenvalue weighted by molar-refractivity contribution is 6.30. The minimum atomic E-state index is 0.718. The van der Waals surface area contributed by atoms with E-state index in [0.717, 1.165) is 50.9 Å². The molecule has 0 aliphatic rings. The van der Waals surface area contributed by atoms with Gasteiger partial charge in [0, 0.05) is 22.5 Å². The molecule has 5 rings (SSSR count). The Balaban J connectivity index is 1.73. The number of nitrogens with zero attached hydrogens (tertiary/aromatic N) is 2. The molecule has 3 heteroatoms. The van der Waals surface area contributed by atoms with Gasteiger partial charge in [0.15, 0.2) is 0 Å². The van der Waals surface area contributed by atoms with Crippen LogP contribution in [-0.4, -0.2) is 10.8 Å². The molecule has 0 aliphatic heterocycles. The van der Waals surface area contributed by atoms with Crippen molar-refractivity contribution in [2.75, 3.05) is 0 Å². The zero-order valence-corrected chi connectivity index (χ0v) is 19.8. The van der Waals surface area contributed by atoms with Gasteiger partial charge in [0.2, 0.25) is 0 Å². The summed E-state index contributed by atoms with van der Waals surface area (Å²) in [6.45, 7) is 2.16. The van der Waals surface area contributed by atoms with Crippen molar-refractivity contribution in [2.24, 2.45) is 4.99 Å². The smallest absolute Gasteiger partial charge is 0.0630 e. The van der Waals surface area contributed by atoms with Crippen molar-refractivity contribution >= 4 is 23.5 Å². The van der Waals surface area contributed by atoms with Gasteiger partial charge in [0.1, 0.15) is 0 Å². The lowest BCUT2D eigenvalue weighted by molar-refractivity contribution is 1.09. The molecule has 2 nitrogen and oxygen atoms in total. The van der Waals surface area contributed by atoms with Gasteiger partial charge < -0.3 is 4.57 Å². The van der Waals surface area contributed by atoms with Crippen molar-refractivity contribution < 1.29 is 0 Å². The average molecular weight is 461 g/mol. The van der Waals surface area contributed by atoms with E-state index in [2.05, 4.69) is 102 Å². The standard InChI is InChI=1S/C31H25ClN2/c1-2-23-13-17-28(18-14-23)33-22-26-21-30(24-9-5-3-6-10-24)34(29-19-15-27(32)16-20-29)31(26)25-11-7-4-8-12-25/h3-22H,2H2,1H3. The Labute approximate surface area is 205 Å². The molecule has 1 aromatic heterocycles. The van der Waals surface area contributed by atoms with E-state index >= 15 is 0 Å². The third-order valence-electron chi connectivity index (χ3n) is 5.93. The molecule has 0 fully saturated rings. The molecule has 166 valence electrons. The van der Waals surface area contributed by atoms with Crippen LogP contribution in [0.15, 0.2) is 120 Å². The summed E-state index contributed by atoms with van der Waals surface area (Å²) in [5.41, 5.74) is 8.82. The van der Waals surface area contributed by atoms with Crippen molar-refractivity contribution in [1.82, 2.24) is 4.57 Å². The predicted molar refractivity (Wildman–Crippen MR) is 145 cm³/mol. The van der Waals surface area contributed by atoms with E-state index in [1.54, 1.807) is 0 Å². The molecule has 0 aliphatic carbocycles. The van der Waals surface area contributed by atoms with Gasteiger partial charge >= 0.3 is 0 Å². The quantitative estimate of drug-likeness (QED) is 0.225. The number of hydrogen-bond acceptors (Lipinski definition) is 1. The Morgan fingerprint density at radius 2 is 1.35 bits per heavy atom. The van der Waals surface area contributed by atoms with Crippen molar-refractivity contribution in [1.29, 1.82) is 0 Å². The lowest BCUT2D eigenvalue weighted by Gasteiger charge is -2.15. The Hall–Kier alpha value is -3.88. The summed E-state index contributed by atoms with van der Waals surface area (Å²) >= 11 is 6.23. The summed E-state index contributed by atoms with van der Waals surface area (Å²) < 4.78 is 2.29. The van der Waals surface area contributed by atoms with E-state index in [-0.39, 0.29) is 0 Å². The molecule has 0 radical (unpaired) electrons. The van der Waals surface area contributed by atoms with E-state index in [1.165, 1.54) is 5.56 Å². The van der Waals surface area contributed by atoms with Gasteiger partial charge in [-0.15, -0.1) is 0 Å². The SMILES string of the molecule is CCc1ccc(N=Cc2cc(-c3ccccc3)n(-c3ccc(Cl)cc3)c2-c2ccccc2)cc1. The number of hydrogen-bond donors (Lipinski definition) is 0. The van der Waals surface area contributed by atoms with E-state index in [0.29, 0.717) is 0 Å². The van der Waals surface area contributed by atoms with Crippen molar-refractivity contribution in [2.45, 2.75) is 13.3 Å². The number of aromatic nitrogens is 1. The topological polar surface area (TPSA) is 17.3 Å². The average Bonchev–Trinajstić information content (AvgIpc) is 3.29. The second-order valence-electron chi connectivity index (χ2n) is 8.16. The second-order valence-corrected chi connectivity index (χ2v) is 8.59. The van der Waals surface area contributed by atoms with Crippen LogP contribution in [0.2, 0.25) is 5.02 Å². The normalized spacial score (nSPS) is 11.2. The summed E-state index contributed by atoms with van der Waals surface area (Å²) in [6.07, 6.45) is 2.99. The summed E-state index contributed by atoms with van der Waals surface area (Å²) in [5, 5.41) is 0.718. The summed E-state index contributed by atoms with van der Waals surface area (Å²) in [5.74, 6) is 0. The van der Waals surface area contributed by atoms with Gasteiger partial charge in [-0.3, -0.25) is 4.99 Å². The van der Waals surface area contributed by atoms with Crippen LogP contribution >= 0.6 is 11.6 Å². The zero-order valence-electron chi connectivity index (χ0n) is 19.0.